The van der Waals surface area contributed by atoms with Crippen molar-refractivity contribution in [3.63, 3.8) is 0 Å². The summed E-state index contributed by atoms with van der Waals surface area (Å²) in [5.74, 6) is 0. The normalized spacial score (nSPS) is 14.3. The predicted octanol–water partition coefficient (Wildman–Crippen LogP) is 3.32. The van der Waals surface area contributed by atoms with Gasteiger partial charge in [0.25, 0.3) is 0 Å². The smallest absolute Gasteiger partial charge is 0.106 e. The maximum atomic E-state index is 13.2. The van der Waals surface area contributed by atoms with Gasteiger partial charge in [-0.25, -0.2) is 4.39 Å². The van der Waals surface area contributed by atoms with E-state index in [1.807, 2.05) is 44.2 Å². The molecular formula is C11H15F. The molecule has 0 saturated carbocycles. The van der Waals surface area contributed by atoms with E-state index in [0.717, 1.165) is 5.56 Å². The Labute approximate surface area is 73.4 Å². The van der Waals surface area contributed by atoms with E-state index in [4.69, 9.17) is 0 Å². The molecule has 1 rings (SSSR count). The largest absolute Gasteiger partial charge is 0.247 e. The number of hydrogen-bond donors (Lipinski definition) is 0. The lowest BCUT2D eigenvalue weighted by Gasteiger charge is -2.26. The van der Waals surface area contributed by atoms with Crippen LogP contribution in [-0.4, -0.2) is 6.17 Å². The third kappa shape index (κ3) is 1.66. The minimum atomic E-state index is -0.820. The maximum Gasteiger partial charge on any atom is 0.106 e. The molecule has 0 amide bonds. The first-order valence-corrected chi connectivity index (χ1v) is 4.24. The molecule has 1 atom stereocenters. The average molecular weight is 166 g/mol. The number of rotatable bonds is 2. The zero-order chi connectivity index (χ0) is 9.19. The van der Waals surface area contributed by atoms with Gasteiger partial charge in [0.15, 0.2) is 0 Å². The molecule has 0 heterocycles. The highest BCUT2D eigenvalue weighted by Crippen LogP contribution is 2.28. The van der Waals surface area contributed by atoms with Crippen molar-refractivity contribution < 1.29 is 4.39 Å². The van der Waals surface area contributed by atoms with Crippen molar-refractivity contribution in [3.05, 3.63) is 35.9 Å². The first kappa shape index (κ1) is 9.24. The highest BCUT2D eigenvalue weighted by molar-refractivity contribution is 5.24. The van der Waals surface area contributed by atoms with Crippen LogP contribution in [-0.2, 0) is 5.41 Å². The molecule has 1 unspecified atom stereocenters. The van der Waals surface area contributed by atoms with Crippen molar-refractivity contribution in [1.29, 1.82) is 0 Å². The molecule has 1 heteroatoms. The first-order chi connectivity index (χ1) is 5.55. The van der Waals surface area contributed by atoms with Crippen molar-refractivity contribution in [1.82, 2.24) is 0 Å². The highest BCUT2D eigenvalue weighted by atomic mass is 19.1. The minimum Gasteiger partial charge on any atom is -0.247 e. The molecule has 0 N–H and O–H groups in total. The topological polar surface area (TPSA) is 0 Å². The maximum absolute atomic E-state index is 13.2. The Morgan fingerprint density at radius 3 is 2.08 bits per heavy atom. The fraction of sp³-hybridized carbons (Fsp3) is 0.455. The summed E-state index contributed by atoms with van der Waals surface area (Å²) in [5, 5.41) is 0. The summed E-state index contributed by atoms with van der Waals surface area (Å²) in [7, 11) is 0. The monoisotopic (exact) mass is 166 g/mol. The zero-order valence-corrected chi connectivity index (χ0v) is 7.84. The van der Waals surface area contributed by atoms with Crippen molar-refractivity contribution in [2.24, 2.45) is 0 Å². The van der Waals surface area contributed by atoms with Gasteiger partial charge in [0, 0.05) is 5.41 Å². The van der Waals surface area contributed by atoms with Crippen LogP contribution in [0, 0.1) is 0 Å². The summed E-state index contributed by atoms with van der Waals surface area (Å²) in [5.41, 5.74) is 0.682. The molecule has 0 bridgehead atoms. The van der Waals surface area contributed by atoms with Gasteiger partial charge in [0.1, 0.15) is 6.17 Å². The van der Waals surface area contributed by atoms with Crippen LogP contribution in [0.1, 0.15) is 26.3 Å². The Kier molecular flexibility index (Phi) is 2.51. The van der Waals surface area contributed by atoms with Crippen LogP contribution >= 0.6 is 0 Å². The number of hydrogen-bond acceptors (Lipinski definition) is 0. The number of halogens is 1. The van der Waals surface area contributed by atoms with Gasteiger partial charge >= 0.3 is 0 Å². The highest BCUT2D eigenvalue weighted by Gasteiger charge is 2.27. The summed E-state index contributed by atoms with van der Waals surface area (Å²) >= 11 is 0. The third-order valence-electron chi connectivity index (χ3n) is 2.51. The second kappa shape index (κ2) is 3.26. The zero-order valence-electron chi connectivity index (χ0n) is 7.84. The minimum absolute atomic E-state index is 0.374. The SMILES string of the molecule is CC(F)C(C)(C)c1ccccc1. The fourth-order valence-corrected chi connectivity index (χ4v) is 1.10. The molecule has 66 valence electrons. The Hall–Kier alpha value is -0.850. The Morgan fingerprint density at radius 1 is 1.17 bits per heavy atom. The number of alkyl halides is 1. The summed E-state index contributed by atoms with van der Waals surface area (Å²) in [6.07, 6.45) is -0.820. The van der Waals surface area contributed by atoms with E-state index >= 15 is 0 Å². The van der Waals surface area contributed by atoms with E-state index in [1.54, 1.807) is 6.92 Å². The standard InChI is InChI=1S/C11H15F/c1-9(12)11(2,3)10-7-5-4-6-8-10/h4-9H,1-3H3. The van der Waals surface area contributed by atoms with Crippen LogP contribution in [0.15, 0.2) is 30.3 Å². The Morgan fingerprint density at radius 2 is 1.67 bits per heavy atom. The number of benzene rings is 1. The van der Waals surface area contributed by atoms with Crippen LogP contribution in [0.2, 0.25) is 0 Å². The summed E-state index contributed by atoms with van der Waals surface area (Å²) in [6.45, 7) is 5.45. The summed E-state index contributed by atoms with van der Waals surface area (Å²) in [4.78, 5) is 0. The van der Waals surface area contributed by atoms with E-state index in [0.29, 0.717) is 0 Å². The van der Waals surface area contributed by atoms with E-state index in [1.165, 1.54) is 0 Å². The molecule has 0 fully saturated rings. The molecule has 0 aromatic heterocycles. The van der Waals surface area contributed by atoms with Crippen molar-refractivity contribution in [3.8, 4) is 0 Å². The lowest BCUT2D eigenvalue weighted by Crippen LogP contribution is -2.27. The quantitative estimate of drug-likeness (QED) is 0.632. The lowest BCUT2D eigenvalue weighted by atomic mass is 9.81. The molecule has 1 aromatic rings. The molecule has 0 radical (unpaired) electrons. The van der Waals surface area contributed by atoms with E-state index in [-0.39, 0.29) is 5.41 Å². The van der Waals surface area contributed by atoms with Crippen LogP contribution in [0.4, 0.5) is 4.39 Å². The molecule has 0 aliphatic carbocycles. The van der Waals surface area contributed by atoms with Gasteiger partial charge < -0.3 is 0 Å². The molecule has 0 spiro atoms. The molecule has 1 aromatic carbocycles. The van der Waals surface area contributed by atoms with Crippen LogP contribution < -0.4 is 0 Å². The Balaban J connectivity index is 2.98. The average Bonchev–Trinajstić information content (AvgIpc) is 2.06. The lowest BCUT2D eigenvalue weighted by molar-refractivity contribution is 0.237. The molecule has 0 saturated heterocycles. The van der Waals surface area contributed by atoms with E-state index in [2.05, 4.69) is 0 Å². The van der Waals surface area contributed by atoms with Gasteiger partial charge in [0.05, 0.1) is 0 Å². The summed E-state index contributed by atoms with van der Waals surface area (Å²) in [6, 6.07) is 9.77. The second-order valence-corrected chi connectivity index (χ2v) is 3.70. The third-order valence-corrected chi connectivity index (χ3v) is 2.51. The predicted molar refractivity (Wildman–Crippen MR) is 50.0 cm³/mol. The van der Waals surface area contributed by atoms with Gasteiger partial charge in [-0.3, -0.25) is 0 Å². The van der Waals surface area contributed by atoms with Crippen molar-refractivity contribution in [2.75, 3.05) is 0 Å². The second-order valence-electron chi connectivity index (χ2n) is 3.70. The van der Waals surface area contributed by atoms with Gasteiger partial charge in [-0.1, -0.05) is 44.2 Å². The van der Waals surface area contributed by atoms with Gasteiger partial charge in [-0.15, -0.1) is 0 Å². The first-order valence-electron chi connectivity index (χ1n) is 4.24. The van der Waals surface area contributed by atoms with Crippen molar-refractivity contribution >= 4 is 0 Å². The molecule has 12 heavy (non-hydrogen) atoms. The van der Waals surface area contributed by atoms with E-state index < -0.39 is 6.17 Å². The van der Waals surface area contributed by atoms with Crippen LogP contribution in [0.25, 0.3) is 0 Å². The molecule has 0 nitrogen and oxygen atoms in total. The van der Waals surface area contributed by atoms with Crippen LogP contribution in [0.5, 0.6) is 0 Å². The van der Waals surface area contributed by atoms with Crippen LogP contribution in [0.3, 0.4) is 0 Å². The van der Waals surface area contributed by atoms with Gasteiger partial charge in [-0.05, 0) is 12.5 Å². The Bertz CT molecular complexity index is 236. The van der Waals surface area contributed by atoms with Gasteiger partial charge in [0.2, 0.25) is 0 Å². The van der Waals surface area contributed by atoms with Gasteiger partial charge in [-0.2, -0.15) is 0 Å². The van der Waals surface area contributed by atoms with E-state index in [9.17, 15) is 4.39 Å². The molecular weight excluding hydrogens is 151 g/mol. The fourth-order valence-electron chi connectivity index (χ4n) is 1.10. The summed E-state index contributed by atoms with van der Waals surface area (Å²) < 4.78 is 13.2. The molecule has 0 aliphatic rings. The van der Waals surface area contributed by atoms with Crippen molar-refractivity contribution in [2.45, 2.75) is 32.4 Å². The molecule has 0 aliphatic heterocycles.